The molecule has 1 aromatic carbocycles. The minimum absolute atomic E-state index is 0.282. The van der Waals surface area contributed by atoms with E-state index >= 15 is 0 Å². The van der Waals surface area contributed by atoms with E-state index in [2.05, 4.69) is 24.1 Å². The van der Waals surface area contributed by atoms with Crippen LogP contribution in [0.15, 0.2) is 18.2 Å². The van der Waals surface area contributed by atoms with Crippen LogP contribution in [0.4, 0.5) is 8.78 Å². The quantitative estimate of drug-likeness (QED) is 0.841. The molecule has 1 atom stereocenters. The molecule has 0 aliphatic rings. The Kier molecular flexibility index (Phi) is 5.69. The highest BCUT2D eigenvalue weighted by Gasteiger charge is 2.14. The molecule has 0 aliphatic carbocycles. The molecule has 0 saturated carbocycles. The maximum atomic E-state index is 13.5. The van der Waals surface area contributed by atoms with E-state index in [1.165, 1.54) is 12.1 Å². The van der Waals surface area contributed by atoms with Crippen LogP contribution in [0.3, 0.4) is 0 Å². The Morgan fingerprint density at radius 2 is 1.89 bits per heavy atom. The van der Waals surface area contributed by atoms with Gasteiger partial charge in [-0.25, -0.2) is 8.78 Å². The van der Waals surface area contributed by atoms with E-state index in [0.717, 1.165) is 12.6 Å². The van der Waals surface area contributed by atoms with Gasteiger partial charge < -0.3 is 10.2 Å². The average Bonchev–Trinajstić information content (AvgIpc) is 2.25. The number of nitrogens with zero attached hydrogens (tertiary/aromatic N) is 1. The first-order chi connectivity index (χ1) is 8.40. The molecule has 0 aromatic heterocycles. The van der Waals surface area contributed by atoms with Crippen LogP contribution in [0, 0.1) is 17.6 Å². The number of benzene rings is 1. The van der Waals surface area contributed by atoms with Crippen molar-refractivity contribution in [2.45, 2.75) is 26.4 Å². The maximum Gasteiger partial charge on any atom is 0.130 e. The molecule has 4 heteroatoms. The van der Waals surface area contributed by atoms with Gasteiger partial charge in [-0.3, -0.25) is 0 Å². The minimum atomic E-state index is -0.537. The van der Waals surface area contributed by atoms with Crippen molar-refractivity contribution in [1.82, 2.24) is 10.2 Å². The third-order valence-electron chi connectivity index (χ3n) is 2.94. The lowest BCUT2D eigenvalue weighted by atomic mass is 10.0. The van der Waals surface area contributed by atoms with Crippen LogP contribution < -0.4 is 5.32 Å². The molecule has 0 heterocycles. The lowest BCUT2D eigenvalue weighted by Crippen LogP contribution is -2.41. The number of likely N-dealkylation sites (N-methyl/N-ethyl adjacent to an activating group) is 1. The average molecular weight is 256 g/mol. The number of nitrogens with one attached hydrogen (secondary N) is 1. The molecule has 0 spiro atoms. The summed E-state index contributed by atoms with van der Waals surface area (Å²) in [6, 6.07) is 3.98. The molecule has 1 rings (SSSR count). The molecule has 18 heavy (non-hydrogen) atoms. The van der Waals surface area contributed by atoms with Gasteiger partial charge in [0.1, 0.15) is 11.6 Å². The van der Waals surface area contributed by atoms with Crippen LogP contribution in [0.25, 0.3) is 0 Å². The van der Waals surface area contributed by atoms with Gasteiger partial charge in [0.2, 0.25) is 0 Å². The summed E-state index contributed by atoms with van der Waals surface area (Å²) in [6.07, 6.45) is 0. The molecule has 1 aromatic rings. The van der Waals surface area contributed by atoms with Gasteiger partial charge in [0.15, 0.2) is 0 Å². The second-order valence-corrected chi connectivity index (χ2v) is 5.23. The Morgan fingerprint density at radius 1 is 1.22 bits per heavy atom. The zero-order chi connectivity index (χ0) is 13.7. The largest absolute Gasteiger partial charge is 0.308 e. The fourth-order valence-corrected chi connectivity index (χ4v) is 1.81. The number of hydrogen-bond donors (Lipinski definition) is 1. The van der Waals surface area contributed by atoms with Gasteiger partial charge in [-0.2, -0.15) is 0 Å². The van der Waals surface area contributed by atoms with Gasteiger partial charge in [-0.15, -0.1) is 0 Å². The molecular weight excluding hydrogens is 234 g/mol. The fourth-order valence-electron chi connectivity index (χ4n) is 1.81. The molecule has 0 amide bonds. The van der Waals surface area contributed by atoms with Gasteiger partial charge >= 0.3 is 0 Å². The summed E-state index contributed by atoms with van der Waals surface area (Å²) in [5.74, 6) is -0.573. The summed E-state index contributed by atoms with van der Waals surface area (Å²) in [5, 5.41) is 3.32. The van der Waals surface area contributed by atoms with Crippen LogP contribution in [-0.2, 0) is 6.54 Å². The first kappa shape index (κ1) is 15.1. The molecule has 2 nitrogen and oxygen atoms in total. The Morgan fingerprint density at radius 3 is 2.39 bits per heavy atom. The van der Waals surface area contributed by atoms with Crippen LogP contribution in [0.1, 0.15) is 19.4 Å². The molecule has 0 radical (unpaired) electrons. The number of hydrogen-bond acceptors (Lipinski definition) is 2. The lowest BCUT2D eigenvalue weighted by Gasteiger charge is -2.25. The summed E-state index contributed by atoms with van der Waals surface area (Å²) in [5.41, 5.74) is 0.501. The van der Waals surface area contributed by atoms with Crippen molar-refractivity contribution in [1.29, 1.82) is 0 Å². The molecule has 0 aliphatic heterocycles. The van der Waals surface area contributed by atoms with Crippen molar-refractivity contribution in [3.05, 3.63) is 35.4 Å². The predicted octanol–water partition coefficient (Wildman–Crippen LogP) is 2.64. The predicted molar refractivity (Wildman–Crippen MR) is 70.4 cm³/mol. The first-order valence-corrected chi connectivity index (χ1v) is 6.22. The third-order valence-corrected chi connectivity index (χ3v) is 2.94. The van der Waals surface area contributed by atoms with E-state index in [1.807, 2.05) is 14.1 Å². The SMILES string of the molecule is CC(C)C(CN(C)C)NCc1ccc(F)cc1F. The summed E-state index contributed by atoms with van der Waals surface area (Å²) in [6.45, 7) is 5.56. The summed E-state index contributed by atoms with van der Waals surface area (Å²) in [4.78, 5) is 2.10. The molecule has 0 fully saturated rings. The summed E-state index contributed by atoms with van der Waals surface area (Å²) >= 11 is 0. The first-order valence-electron chi connectivity index (χ1n) is 6.22. The van der Waals surface area contributed by atoms with Crippen LogP contribution in [0.5, 0.6) is 0 Å². The van der Waals surface area contributed by atoms with E-state index in [0.29, 0.717) is 18.0 Å². The van der Waals surface area contributed by atoms with Crippen molar-refractivity contribution in [3.8, 4) is 0 Å². The molecule has 0 saturated heterocycles. The molecule has 0 bridgehead atoms. The Balaban J connectivity index is 2.61. The lowest BCUT2D eigenvalue weighted by molar-refractivity contribution is 0.287. The van der Waals surface area contributed by atoms with Crippen molar-refractivity contribution in [3.63, 3.8) is 0 Å². The normalized spacial score (nSPS) is 13.3. The second kappa shape index (κ2) is 6.81. The topological polar surface area (TPSA) is 15.3 Å². The van der Waals surface area contributed by atoms with Gasteiger partial charge in [-0.1, -0.05) is 19.9 Å². The standard InChI is InChI=1S/C14H22F2N2/c1-10(2)14(9-18(3)4)17-8-11-5-6-12(15)7-13(11)16/h5-7,10,14,17H,8-9H2,1-4H3. The molecular formula is C14H22F2N2. The monoisotopic (exact) mass is 256 g/mol. The second-order valence-electron chi connectivity index (χ2n) is 5.23. The third kappa shape index (κ3) is 4.70. The Hall–Kier alpha value is -1.00. The van der Waals surface area contributed by atoms with Gasteiger partial charge in [0.05, 0.1) is 0 Å². The van der Waals surface area contributed by atoms with Gasteiger partial charge in [-0.05, 0) is 26.1 Å². The van der Waals surface area contributed by atoms with Crippen molar-refractivity contribution >= 4 is 0 Å². The highest BCUT2D eigenvalue weighted by Crippen LogP contribution is 2.11. The highest BCUT2D eigenvalue weighted by molar-refractivity contribution is 5.18. The van der Waals surface area contributed by atoms with Crippen molar-refractivity contribution in [2.75, 3.05) is 20.6 Å². The Labute approximate surface area is 108 Å². The highest BCUT2D eigenvalue weighted by atomic mass is 19.1. The summed E-state index contributed by atoms with van der Waals surface area (Å²) in [7, 11) is 4.02. The minimum Gasteiger partial charge on any atom is -0.308 e. The molecule has 102 valence electrons. The zero-order valence-corrected chi connectivity index (χ0v) is 11.5. The number of halogens is 2. The van der Waals surface area contributed by atoms with E-state index in [1.54, 1.807) is 0 Å². The van der Waals surface area contributed by atoms with E-state index < -0.39 is 11.6 Å². The maximum absolute atomic E-state index is 13.5. The smallest absolute Gasteiger partial charge is 0.130 e. The van der Waals surface area contributed by atoms with E-state index in [9.17, 15) is 8.78 Å². The Bertz CT molecular complexity index is 378. The molecule has 1 N–H and O–H groups in total. The van der Waals surface area contributed by atoms with Crippen LogP contribution in [0.2, 0.25) is 0 Å². The molecule has 1 unspecified atom stereocenters. The van der Waals surface area contributed by atoms with Gasteiger partial charge in [0, 0.05) is 30.8 Å². The van der Waals surface area contributed by atoms with Crippen LogP contribution >= 0.6 is 0 Å². The van der Waals surface area contributed by atoms with Crippen molar-refractivity contribution < 1.29 is 8.78 Å². The summed E-state index contributed by atoms with van der Waals surface area (Å²) < 4.78 is 26.3. The van der Waals surface area contributed by atoms with E-state index in [4.69, 9.17) is 0 Å². The van der Waals surface area contributed by atoms with Crippen LogP contribution in [-0.4, -0.2) is 31.6 Å². The number of rotatable bonds is 6. The zero-order valence-electron chi connectivity index (χ0n) is 11.5. The fraction of sp³-hybridized carbons (Fsp3) is 0.571. The van der Waals surface area contributed by atoms with Crippen molar-refractivity contribution in [2.24, 2.45) is 5.92 Å². The van der Waals surface area contributed by atoms with E-state index in [-0.39, 0.29) is 6.04 Å². The van der Waals surface area contributed by atoms with Gasteiger partial charge in [0.25, 0.3) is 0 Å².